The van der Waals surface area contributed by atoms with E-state index in [0.717, 1.165) is 6.54 Å². The number of rotatable bonds is 6. The largest absolute Gasteiger partial charge is 0.349 e. The molecule has 23 heavy (non-hydrogen) atoms. The molecule has 0 saturated carbocycles. The lowest BCUT2D eigenvalue weighted by Crippen LogP contribution is -3.06. The van der Waals surface area contributed by atoms with E-state index in [2.05, 4.69) is 5.32 Å². The summed E-state index contributed by atoms with van der Waals surface area (Å²) in [5, 5.41) is 3.31. The molecule has 6 nitrogen and oxygen atoms in total. The predicted molar refractivity (Wildman–Crippen MR) is 89.1 cm³/mol. The van der Waals surface area contributed by atoms with Gasteiger partial charge in [0.25, 0.3) is 0 Å². The lowest BCUT2D eigenvalue weighted by molar-refractivity contribution is -0.856. The molecule has 0 aliphatic carbocycles. The number of carbonyl (C=O) groups is 1. The number of nitrogens with one attached hydrogen (secondary N) is 2. The van der Waals surface area contributed by atoms with Crippen LogP contribution in [-0.4, -0.2) is 58.4 Å². The summed E-state index contributed by atoms with van der Waals surface area (Å²) in [4.78, 5) is 13.7. The third kappa shape index (κ3) is 4.44. The number of nitrogens with zero attached hydrogens (tertiary/aromatic N) is 1. The molecule has 1 saturated heterocycles. The zero-order chi connectivity index (χ0) is 17.0. The summed E-state index contributed by atoms with van der Waals surface area (Å²) in [6, 6.07) is 5.40. The number of sulfonamides is 1. The van der Waals surface area contributed by atoms with Gasteiger partial charge in [0, 0.05) is 11.6 Å². The molecule has 0 bridgehead atoms. The van der Waals surface area contributed by atoms with Gasteiger partial charge in [0.2, 0.25) is 15.9 Å². The highest BCUT2D eigenvalue weighted by molar-refractivity contribution is 7.89. The molecule has 2 N–H and O–H groups in total. The molecule has 0 radical (unpaired) electrons. The van der Waals surface area contributed by atoms with Gasteiger partial charge in [0.15, 0.2) is 0 Å². The Morgan fingerprint density at radius 3 is 2.61 bits per heavy atom. The Labute approximate surface area is 142 Å². The van der Waals surface area contributed by atoms with Crippen LogP contribution in [0, 0.1) is 0 Å². The first-order chi connectivity index (χ1) is 10.8. The predicted octanol–water partition coefficient (Wildman–Crippen LogP) is -0.246. The number of likely N-dealkylation sites (N-methyl/N-ethyl adjacent to an activating group) is 1. The van der Waals surface area contributed by atoms with E-state index in [-0.39, 0.29) is 10.8 Å². The summed E-state index contributed by atoms with van der Waals surface area (Å²) in [6.45, 7) is 1.69. The molecular formula is C15H23ClN3O3S+. The van der Waals surface area contributed by atoms with Gasteiger partial charge in [-0.1, -0.05) is 11.6 Å². The van der Waals surface area contributed by atoms with Crippen molar-refractivity contribution < 1.29 is 18.1 Å². The molecule has 1 aliphatic rings. The Bertz CT molecular complexity index is 646. The molecule has 0 aromatic heterocycles. The van der Waals surface area contributed by atoms with E-state index in [1.165, 1.54) is 21.3 Å². The van der Waals surface area contributed by atoms with Gasteiger partial charge in [-0.3, -0.25) is 4.79 Å². The molecule has 1 fully saturated rings. The normalized spacial score (nSPS) is 19.2. The van der Waals surface area contributed by atoms with Crippen molar-refractivity contribution in [3.8, 4) is 0 Å². The lowest BCUT2D eigenvalue weighted by atomic mass is 10.2. The Balaban J connectivity index is 2.11. The van der Waals surface area contributed by atoms with Crippen LogP contribution in [0.25, 0.3) is 0 Å². The Hall–Kier alpha value is -1.15. The number of amides is 1. The van der Waals surface area contributed by atoms with Crippen molar-refractivity contribution in [1.29, 1.82) is 0 Å². The average Bonchev–Trinajstić information content (AvgIpc) is 2.97. The van der Waals surface area contributed by atoms with Crippen LogP contribution >= 0.6 is 11.6 Å². The molecule has 8 heteroatoms. The second-order valence-electron chi connectivity index (χ2n) is 5.98. The molecule has 0 unspecified atom stereocenters. The molecule has 1 amide bonds. The minimum atomic E-state index is -3.68. The fourth-order valence-electron chi connectivity index (χ4n) is 2.59. The van der Waals surface area contributed by atoms with Gasteiger partial charge in [-0.25, -0.2) is 8.42 Å². The number of benzene rings is 1. The van der Waals surface area contributed by atoms with Gasteiger partial charge in [0.1, 0.15) is 6.04 Å². The molecule has 2 rings (SSSR count). The van der Waals surface area contributed by atoms with Crippen LogP contribution in [0.3, 0.4) is 0 Å². The van der Waals surface area contributed by atoms with Crippen LogP contribution in [0.5, 0.6) is 0 Å². The van der Waals surface area contributed by atoms with Gasteiger partial charge in [-0.15, -0.1) is 0 Å². The van der Waals surface area contributed by atoms with E-state index in [1.807, 2.05) is 14.1 Å². The standard InChI is InChI=1S/C15H22ClN3O3S/c1-18(2)11-9-17-15(20)14-4-3-10-19(14)23(21,22)13-7-5-12(16)6-8-13/h5-8,14H,3-4,9-11H2,1-2H3,(H,17,20)/p+1/t14-/m1/s1. The molecule has 1 atom stereocenters. The summed E-state index contributed by atoms with van der Waals surface area (Å²) >= 11 is 5.81. The molecule has 1 aromatic rings. The van der Waals surface area contributed by atoms with Crippen molar-refractivity contribution in [3.63, 3.8) is 0 Å². The summed E-state index contributed by atoms with van der Waals surface area (Å²) in [6.07, 6.45) is 1.23. The van der Waals surface area contributed by atoms with Gasteiger partial charge in [0.05, 0.1) is 32.1 Å². The van der Waals surface area contributed by atoms with Gasteiger partial charge in [-0.05, 0) is 37.1 Å². The SMILES string of the molecule is C[NH+](C)CCNC(=O)[C@H]1CCCN1S(=O)(=O)c1ccc(Cl)cc1. The fraction of sp³-hybridized carbons (Fsp3) is 0.533. The minimum absolute atomic E-state index is 0.166. The maximum atomic E-state index is 12.7. The van der Waals surface area contributed by atoms with E-state index < -0.39 is 16.1 Å². The Morgan fingerprint density at radius 2 is 2.00 bits per heavy atom. The quantitative estimate of drug-likeness (QED) is 0.735. The van der Waals surface area contributed by atoms with Crippen molar-refractivity contribution in [3.05, 3.63) is 29.3 Å². The zero-order valence-corrected chi connectivity index (χ0v) is 15.0. The van der Waals surface area contributed by atoms with Crippen LogP contribution in [0.1, 0.15) is 12.8 Å². The first-order valence-electron chi connectivity index (χ1n) is 7.66. The van der Waals surface area contributed by atoms with Crippen molar-refractivity contribution in [1.82, 2.24) is 9.62 Å². The maximum absolute atomic E-state index is 12.7. The first kappa shape index (κ1) is 18.2. The maximum Gasteiger partial charge on any atom is 0.243 e. The first-order valence-corrected chi connectivity index (χ1v) is 9.48. The molecule has 1 aliphatic heterocycles. The minimum Gasteiger partial charge on any atom is -0.349 e. The number of quaternary nitrogens is 1. The van der Waals surface area contributed by atoms with Gasteiger partial charge in [-0.2, -0.15) is 4.31 Å². The van der Waals surface area contributed by atoms with Crippen LogP contribution < -0.4 is 10.2 Å². The Morgan fingerprint density at radius 1 is 1.35 bits per heavy atom. The number of halogens is 1. The van der Waals surface area contributed by atoms with E-state index in [9.17, 15) is 13.2 Å². The van der Waals surface area contributed by atoms with Crippen molar-refractivity contribution in [2.75, 3.05) is 33.7 Å². The van der Waals surface area contributed by atoms with Crippen LogP contribution in [0.2, 0.25) is 5.02 Å². The lowest BCUT2D eigenvalue weighted by Gasteiger charge is -2.23. The molecule has 0 spiro atoms. The fourth-order valence-corrected chi connectivity index (χ4v) is 4.37. The smallest absolute Gasteiger partial charge is 0.243 e. The average molecular weight is 361 g/mol. The van der Waals surface area contributed by atoms with E-state index in [0.29, 0.717) is 31.0 Å². The van der Waals surface area contributed by atoms with Crippen molar-refractivity contribution >= 4 is 27.5 Å². The second-order valence-corrected chi connectivity index (χ2v) is 8.30. The summed E-state index contributed by atoms with van der Waals surface area (Å²) in [7, 11) is 0.316. The highest BCUT2D eigenvalue weighted by atomic mass is 35.5. The van der Waals surface area contributed by atoms with E-state index in [1.54, 1.807) is 12.1 Å². The van der Waals surface area contributed by atoms with Crippen molar-refractivity contribution in [2.45, 2.75) is 23.8 Å². The molecule has 1 heterocycles. The third-order valence-electron chi connectivity index (χ3n) is 3.85. The van der Waals surface area contributed by atoms with Crippen LogP contribution in [0.15, 0.2) is 29.2 Å². The molecule has 1 aromatic carbocycles. The highest BCUT2D eigenvalue weighted by Gasteiger charge is 2.39. The summed E-state index contributed by atoms with van der Waals surface area (Å²) in [5.41, 5.74) is 0. The van der Waals surface area contributed by atoms with Crippen molar-refractivity contribution in [2.24, 2.45) is 0 Å². The van der Waals surface area contributed by atoms with Gasteiger partial charge >= 0.3 is 0 Å². The summed E-state index contributed by atoms with van der Waals surface area (Å²) in [5.74, 6) is -0.221. The molecular weight excluding hydrogens is 338 g/mol. The van der Waals surface area contributed by atoms with E-state index >= 15 is 0 Å². The van der Waals surface area contributed by atoms with Gasteiger partial charge < -0.3 is 10.2 Å². The monoisotopic (exact) mass is 360 g/mol. The number of hydrogen-bond acceptors (Lipinski definition) is 3. The number of hydrogen-bond donors (Lipinski definition) is 2. The topological polar surface area (TPSA) is 70.9 Å². The second kappa shape index (κ2) is 7.61. The van der Waals surface area contributed by atoms with Crippen LogP contribution in [0.4, 0.5) is 0 Å². The third-order valence-corrected chi connectivity index (χ3v) is 6.03. The van der Waals surface area contributed by atoms with Crippen LogP contribution in [-0.2, 0) is 14.8 Å². The molecule has 128 valence electrons. The highest BCUT2D eigenvalue weighted by Crippen LogP contribution is 2.26. The Kier molecular flexibility index (Phi) is 6.02. The summed E-state index contributed by atoms with van der Waals surface area (Å²) < 4.78 is 26.8. The zero-order valence-electron chi connectivity index (χ0n) is 13.4. The van der Waals surface area contributed by atoms with E-state index in [4.69, 9.17) is 11.6 Å². The number of carbonyl (C=O) groups excluding carboxylic acids is 1.